The molecule has 6 heteroatoms. The van der Waals surface area contributed by atoms with Crippen LogP contribution in [0.25, 0.3) is 0 Å². The summed E-state index contributed by atoms with van der Waals surface area (Å²) >= 11 is 0. The average Bonchev–Trinajstić information content (AvgIpc) is 2.31. The maximum atomic E-state index is 12.4. The van der Waals surface area contributed by atoms with Gasteiger partial charge >= 0.3 is 0 Å². The van der Waals surface area contributed by atoms with Gasteiger partial charge in [0.1, 0.15) is 0 Å². The fraction of sp³-hybridized carbons (Fsp3) is 1.00. The summed E-state index contributed by atoms with van der Waals surface area (Å²) < 4.78 is 29.3. The van der Waals surface area contributed by atoms with Crippen LogP contribution >= 0.6 is 0 Å². The lowest BCUT2D eigenvalue weighted by atomic mass is 9.92. The van der Waals surface area contributed by atoms with Crippen molar-refractivity contribution in [2.45, 2.75) is 58.0 Å². The minimum Gasteiger partial charge on any atom is -0.326 e. The highest BCUT2D eigenvalue weighted by molar-refractivity contribution is 7.87. The van der Waals surface area contributed by atoms with Crippen molar-refractivity contribution in [3.63, 3.8) is 0 Å². The van der Waals surface area contributed by atoms with E-state index in [4.69, 9.17) is 5.73 Å². The van der Waals surface area contributed by atoms with E-state index >= 15 is 0 Å². The molecule has 112 valence electrons. The van der Waals surface area contributed by atoms with Crippen molar-refractivity contribution >= 4 is 10.2 Å². The van der Waals surface area contributed by atoms with Crippen LogP contribution in [0.4, 0.5) is 0 Å². The Morgan fingerprint density at radius 3 is 2.26 bits per heavy atom. The normalized spacial score (nSPS) is 38.3. The van der Waals surface area contributed by atoms with Crippen molar-refractivity contribution in [3.05, 3.63) is 0 Å². The molecule has 1 aliphatic carbocycles. The van der Waals surface area contributed by atoms with Gasteiger partial charge in [0, 0.05) is 25.2 Å². The zero-order valence-corrected chi connectivity index (χ0v) is 12.8. The lowest BCUT2D eigenvalue weighted by Crippen LogP contribution is -2.55. The molecule has 0 bridgehead atoms. The molecule has 0 spiro atoms. The number of rotatable bonds is 3. The van der Waals surface area contributed by atoms with Gasteiger partial charge in [0.15, 0.2) is 0 Å². The molecule has 19 heavy (non-hydrogen) atoms. The Morgan fingerprint density at radius 1 is 1.11 bits per heavy atom. The van der Waals surface area contributed by atoms with E-state index in [1.807, 2.05) is 0 Å². The second-order valence-electron chi connectivity index (χ2n) is 6.44. The molecule has 0 aromatic carbocycles. The standard InChI is InChI=1S/C13H27N3O2S/c1-10-7-11(2)9-16(8-10)19(17,18)15-13-6-4-3-5-12(13)14/h10-13,15H,3-9,14H2,1-2H3/t10?,11?,12-,13-/m1/s1. The number of nitrogens with one attached hydrogen (secondary N) is 1. The molecule has 1 saturated heterocycles. The Morgan fingerprint density at radius 2 is 1.68 bits per heavy atom. The predicted molar refractivity (Wildman–Crippen MR) is 76.8 cm³/mol. The van der Waals surface area contributed by atoms with Crippen LogP contribution in [-0.2, 0) is 10.2 Å². The topological polar surface area (TPSA) is 75.4 Å². The molecule has 2 fully saturated rings. The summed E-state index contributed by atoms with van der Waals surface area (Å²) in [6.45, 7) is 5.48. The van der Waals surface area contributed by atoms with E-state index in [1.54, 1.807) is 4.31 Å². The van der Waals surface area contributed by atoms with Crippen LogP contribution in [0.1, 0.15) is 46.0 Å². The van der Waals surface area contributed by atoms with Gasteiger partial charge < -0.3 is 5.73 Å². The first-order chi connectivity index (χ1) is 8.88. The van der Waals surface area contributed by atoms with Gasteiger partial charge in [0.25, 0.3) is 10.2 Å². The number of nitrogens with zero attached hydrogens (tertiary/aromatic N) is 1. The lowest BCUT2D eigenvalue weighted by Gasteiger charge is -2.36. The molecular weight excluding hydrogens is 262 g/mol. The smallest absolute Gasteiger partial charge is 0.279 e. The Balaban J connectivity index is 2.01. The van der Waals surface area contributed by atoms with E-state index in [9.17, 15) is 8.42 Å². The van der Waals surface area contributed by atoms with Crippen LogP contribution < -0.4 is 10.5 Å². The quantitative estimate of drug-likeness (QED) is 0.816. The second-order valence-corrected chi connectivity index (χ2v) is 8.14. The van der Waals surface area contributed by atoms with Crippen LogP contribution in [-0.4, -0.2) is 37.9 Å². The van der Waals surface area contributed by atoms with Gasteiger partial charge in [-0.2, -0.15) is 17.4 Å². The molecule has 1 aliphatic heterocycles. The second kappa shape index (κ2) is 6.08. The Hall–Kier alpha value is -0.170. The van der Waals surface area contributed by atoms with Gasteiger partial charge in [-0.3, -0.25) is 0 Å². The molecule has 0 aromatic rings. The summed E-state index contributed by atoms with van der Waals surface area (Å²) in [5, 5.41) is 0. The molecule has 2 unspecified atom stereocenters. The molecule has 2 aliphatic rings. The van der Waals surface area contributed by atoms with E-state index in [-0.39, 0.29) is 12.1 Å². The van der Waals surface area contributed by atoms with Gasteiger partial charge in [-0.15, -0.1) is 0 Å². The number of hydrogen-bond donors (Lipinski definition) is 2. The van der Waals surface area contributed by atoms with Crippen molar-refractivity contribution in [2.75, 3.05) is 13.1 Å². The van der Waals surface area contributed by atoms with E-state index in [0.29, 0.717) is 24.9 Å². The van der Waals surface area contributed by atoms with Gasteiger partial charge in [0.2, 0.25) is 0 Å². The van der Waals surface area contributed by atoms with Crippen molar-refractivity contribution in [3.8, 4) is 0 Å². The Bertz CT molecular complexity index is 389. The van der Waals surface area contributed by atoms with E-state index < -0.39 is 10.2 Å². The van der Waals surface area contributed by atoms with Crippen LogP contribution in [0.15, 0.2) is 0 Å². The van der Waals surface area contributed by atoms with Gasteiger partial charge in [-0.1, -0.05) is 26.7 Å². The van der Waals surface area contributed by atoms with Crippen molar-refractivity contribution in [2.24, 2.45) is 17.6 Å². The molecule has 1 saturated carbocycles. The van der Waals surface area contributed by atoms with Gasteiger partial charge in [-0.05, 0) is 31.1 Å². The Kier molecular flexibility index (Phi) is 4.87. The highest BCUT2D eigenvalue weighted by Gasteiger charge is 2.33. The first-order valence-electron chi connectivity index (χ1n) is 7.41. The molecule has 4 atom stereocenters. The van der Waals surface area contributed by atoms with Crippen LogP contribution in [0.5, 0.6) is 0 Å². The fourth-order valence-corrected chi connectivity index (χ4v) is 5.10. The summed E-state index contributed by atoms with van der Waals surface area (Å²) in [4.78, 5) is 0. The maximum absolute atomic E-state index is 12.4. The summed E-state index contributed by atoms with van der Waals surface area (Å²) in [6, 6.07) is -0.130. The zero-order valence-electron chi connectivity index (χ0n) is 12.0. The average molecular weight is 289 g/mol. The minimum atomic E-state index is -3.38. The highest BCUT2D eigenvalue weighted by Crippen LogP contribution is 2.24. The van der Waals surface area contributed by atoms with Crippen molar-refractivity contribution in [1.29, 1.82) is 0 Å². The molecule has 0 amide bonds. The largest absolute Gasteiger partial charge is 0.326 e. The van der Waals surface area contributed by atoms with E-state index in [2.05, 4.69) is 18.6 Å². The molecule has 5 nitrogen and oxygen atoms in total. The molecule has 3 N–H and O–H groups in total. The van der Waals surface area contributed by atoms with Crippen LogP contribution in [0.2, 0.25) is 0 Å². The highest BCUT2D eigenvalue weighted by atomic mass is 32.2. The molecule has 0 radical (unpaired) electrons. The number of nitrogens with two attached hydrogens (primary N) is 1. The fourth-order valence-electron chi connectivity index (χ4n) is 3.37. The van der Waals surface area contributed by atoms with Gasteiger partial charge in [0.05, 0.1) is 0 Å². The number of piperidine rings is 1. The maximum Gasteiger partial charge on any atom is 0.279 e. The molecule has 2 rings (SSSR count). The Labute approximate surface area is 117 Å². The van der Waals surface area contributed by atoms with Gasteiger partial charge in [-0.25, -0.2) is 0 Å². The van der Waals surface area contributed by atoms with Crippen LogP contribution in [0.3, 0.4) is 0 Å². The van der Waals surface area contributed by atoms with Crippen molar-refractivity contribution in [1.82, 2.24) is 9.03 Å². The van der Waals surface area contributed by atoms with Crippen molar-refractivity contribution < 1.29 is 8.42 Å². The summed E-state index contributed by atoms with van der Waals surface area (Å²) in [7, 11) is -3.38. The zero-order chi connectivity index (χ0) is 14.0. The summed E-state index contributed by atoms with van der Waals surface area (Å²) in [6.07, 6.45) is 5.05. The third kappa shape index (κ3) is 3.90. The first kappa shape index (κ1) is 15.2. The molecule has 1 heterocycles. The van der Waals surface area contributed by atoms with E-state index in [0.717, 1.165) is 32.1 Å². The third-order valence-electron chi connectivity index (χ3n) is 4.29. The van der Waals surface area contributed by atoms with Crippen LogP contribution in [0, 0.1) is 11.8 Å². The third-order valence-corrected chi connectivity index (χ3v) is 5.87. The molecular formula is C13H27N3O2S. The molecule has 0 aromatic heterocycles. The van der Waals surface area contributed by atoms with E-state index in [1.165, 1.54) is 0 Å². The summed E-state index contributed by atoms with van der Waals surface area (Å²) in [5.74, 6) is 0.862. The predicted octanol–water partition coefficient (Wildman–Crippen LogP) is 1.07. The summed E-state index contributed by atoms with van der Waals surface area (Å²) in [5.41, 5.74) is 6.02. The monoisotopic (exact) mass is 289 g/mol. The SMILES string of the molecule is CC1CC(C)CN(S(=O)(=O)N[C@@H]2CCCC[C@H]2N)C1. The first-order valence-corrected chi connectivity index (χ1v) is 8.85. The lowest BCUT2D eigenvalue weighted by molar-refractivity contribution is 0.217. The number of hydrogen-bond acceptors (Lipinski definition) is 3. The minimum absolute atomic E-state index is 0.0387.